The molecule has 164 valence electrons. The standard InChI is InChI=1S/C20H16F6N4O/c1-11-8-16(20(24,25)26)29-17(28-11)15-9-12(10-27)2-3-14(15)18(31)30-6-4-13(5-7-30)19(21,22)23/h2-3,8-9,13H,4-7H2,1H3. The highest BCUT2D eigenvalue weighted by atomic mass is 19.4. The quantitative estimate of drug-likeness (QED) is 0.629. The Labute approximate surface area is 173 Å². The summed E-state index contributed by atoms with van der Waals surface area (Å²) >= 11 is 0. The van der Waals surface area contributed by atoms with Crippen molar-refractivity contribution in [1.82, 2.24) is 14.9 Å². The van der Waals surface area contributed by atoms with Crippen molar-refractivity contribution >= 4 is 5.91 Å². The number of aromatic nitrogens is 2. The molecule has 0 atom stereocenters. The molecule has 5 nitrogen and oxygen atoms in total. The number of hydrogen-bond donors (Lipinski definition) is 0. The zero-order valence-electron chi connectivity index (χ0n) is 16.2. The van der Waals surface area contributed by atoms with Crippen LogP contribution in [-0.2, 0) is 6.18 Å². The number of benzene rings is 1. The lowest BCUT2D eigenvalue weighted by Crippen LogP contribution is -2.42. The average Bonchev–Trinajstić information content (AvgIpc) is 2.71. The Bertz CT molecular complexity index is 1030. The summed E-state index contributed by atoms with van der Waals surface area (Å²) in [5, 5.41) is 9.16. The van der Waals surface area contributed by atoms with Crippen LogP contribution in [0.3, 0.4) is 0 Å². The van der Waals surface area contributed by atoms with Crippen molar-refractivity contribution in [2.24, 2.45) is 5.92 Å². The van der Waals surface area contributed by atoms with Gasteiger partial charge in [0.1, 0.15) is 5.69 Å². The number of nitriles is 1. The summed E-state index contributed by atoms with van der Waals surface area (Å²) in [6.07, 6.45) is -9.63. The van der Waals surface area contributed by atoms with Crippen LogP contribution in [0.25, 0.3) is 11.4 Å². The Morgan fingerprint density at radius 2 is 1.74 bits per heavy atom. The van der Waals surface area contributed by atoms with Crippen LogP contribution in [-0.4, -0.2) is 40.0 Å². The highest BCUT2D eigenvalue weighted by molar-refractivity contribution is 6.00. The lowest BCUT2D eigenvalue weighted by atomic mass is 9.95. The third-order valence-corrected chi connectivity index (χ3v) is 5.01. The molecule has 11 heteroatoms. The lowest BCUT2D eigenvalue weighted by Gasteiger charge is -2.33. The summed E-state index contributed by atoms with van der Waals surface area (Å²) in [6, 6.07) is 6.35. The minimum absolute atomic E-state index is 0.00377. The van der Waals surface area contributed by atoms with Crippen LogP contribution < -0.4 is 0 Å². The zero-order valence-corrected chi connectivity index (χ0v) is 16.2. The Balaban J connectivity index is 2.00. The number of likely N-dealkylation sites (tertiary alicyclic amines) is 1. The summed E-state index contributed by atoms with van der Waals surface area (Å²) in [5.41, 5.74) is -1.30. The topological polar surface area (TPSA) is 69.9 Å². The van der Waals surface area contributed by atoms with E-state index in [1.807, 2.05) is 6.07 Å². The van der Waals surface area contributed by atoms with E-state index in [1.54, 1.807) is 0 Å². The van der Waals surface area contributed by atoms with E-state index < -0.39 is 35.7 Å². The number of halogens is 6. The van der Waals surface area contributed by atoms with Crippen molar-refractivity contribution in [3.05, 3.63) is 46.8 Å². The molecular weight excluding hydrogens is 426 g/mol. The van der Waals surface area contributed by atoms with Gasteiger partial charge in [-0.1, -0.05) is 0 Å². The zero-order chi connectivity index (χ0) is 23.0. The summed E-state index contributed by atoms with van der Waals surface area (Å²) in [4.78, 5) is 21.7. The van der Waals surface area contributed by atoms with Gasteiger partial charge in [0.05, 0.1) is 23.1 Å². The second-order valence-corrected chi connectivity index (χ2v) is 7.20. The fourth-order valence-corrected chi connectivity index (χ4v) is 3.40. The number of amides is 1. The second-order valence-electron chi connectivity index (χ2n) is 7.20. The van der Waals surface area contributed by atoms with Gasteiger partial charge in [-0.2, -0.15) is 31.6 Å². The highest BCUT2D eigenvalue weighted by Gasteiger charge is 2.42. The molecule has 1 aromatic carbocycles. The normalized spacial score (nSPS) is 15.6. The van der Waals surface area contributed by atoms with Gasteiger partial charge in [0.15, 0.2) is 5.82 Å². The van der Waals surface area contributed by atoms with Crippen molar-refractivity contribution in [3.8, 4) is 17.5 Å². The van der Waals surface area contributed by atoms with E-state index in [9.17, 15) is 31.1 Å². The van der Waals surface area contributed by atoms with Crippen LogP contribution in [0.1, 0.15) is 40.2 Å². The molecule has 0 spiro atoms. The molecule has 1 fully saturated rings. The van der Waals surface area contributed by atoms with Gasteiger partial charge < -0.3 is 4.90 Å². The maximum Gasteiger partial charge on any atom is 0.433 e. The molecule has 1 aromatic heterocycles. The van der Waals surface area contributed by atoms with Crippen LogP contribution in [0.5, 0.6) is 0 Å². The van der Waals surface area contributed by atoms with Gasteiger partial charge in [0, 0.05) is 24.3 Å². The van der Waals surface area contributed by atoms with Crippen molar-refractivity contribution in [3.63, 3.8) is 0 Å². The third kappa shape index (κ3) is 4.95. The molecule has 2 heterocycles. The maximum absolute atomic E-state index is 13.2. The molecule has 0 unspecified atom stereocenters. The molecular formula is C20H16F6N4O. The molecule has 1 saturated heterocycles. The van der Waals surface area contributed by atoms with Gasteiger partial charge in [-0.3, -0.25) is 4.79 Å². The van der Waals surface area contributed by atoms with Gasteiger partial charge in [-0.05, 0) is 44.0 Å². The largest absolute Gasteiger partial charge is 0.433 e. The first-order valence-electron chi connectivity index (χ1n) is 9.23. The first kappa shape index (κ1) is 22.5. The summed E-state index contributed by atoms with van der Waals surface area (Å²) in [7, 11) is 0. The number of nitrogens with zero attached hydrogens (tertiary/aromatic N) is 4. The third-order valence-electron chi connectivity index (χ3n) is 5.01. The van der Waals surface area contributed by atoms with Crippen LogP contribution >= 0.6 is 0 Å². The molecule has 0 radical (unpaired) electrons. The van der Waals surface area contributed by atoms with Crippen LogP contribution in [0.2, 0.25) is 0 Å². The van der Waals surface area contributed by atoms with Crippen LogP contribution in [0.15, 0.2) is 24.3 Å². The summed E-state index contributed by atoms with van der Waals surface area (Å²) in [5.74, 6) is -2.55. The van der Waals surface area contributed by atoms with Gasteiger partial charge >= 0.3 is 12.4 Å². The smallest absolute Gasteiger partial charge is 0.339 e. The van der Waals surface area contributed by atoms with E-state index in [4.69, 9.17) is 5.26 Å². The molecule has 0 N–H and O–H groups in total. The first-order valence-corrected chi connectivity index (χ1v) is 9.23. The molecule has 1 aliphatic heterocycles. The van der Waals surface area contributed by atoms with E-state index in [0.717, 1.165) is 6.07 Å². The Morgan fingerprint density at radius 1 is 1.10 bits per heavy atom. The highest BCUT2D eigenvalue weighted by Crippen LogP contribution is 2.35. The number of rotatable bonds is 2. The first-order chi connectivity index (χ1) is 14.4. The predicted octanol–water partition coefficient (Wildman–Crippen LogP) is 4.76. The fourth-order valence-electron chi connectivity index (χ4n) is 3.40. The van der Waals surface area contributed by atoms with E-state index in [1.165, 1.54) is 30.0 Å². The predicted molar refractivity (Wildman–Crippen MR) is 96.6 cm³/mol. The molecule has 0 aliphatic carbocycles. The second kappa shape index (κ2) is 8.17. The summed E-state index contributed by atoms with van der Waals surface area (Å²) in [6.45, 7) is 1.04. The molecule has 0 bridgehead atoms. The number of carbonyl (C=O) groups is 1. The Hall–Kier alpha value is -3.16. The van der Waals surface area contributed by atoms with Crippen molar-refractivity contribution in [2.75, 3.05) is 13.1 Å². The van der Waals surface area contributed by atoms with E-state index in [-0.39, 0.29) is 48.3 Å². The van der Waals surface area contributed by atoms with Crippen molar-refractivity contribution < 1.29 is 31.1 Å². The lowest BCUT2D eigenvalue weighted by molar-refractivity contribution is -0.183. The van der Waals surface area contributed by atoms with Crippen molar-refractivity contribution in [2.45, 2.75) is 32.1 Å². The molecule has 0 saturated carbocycles. The Kier molecular flexibility index (Phi) is 5.93. The minimum Gasteiger partial charge on any atom is -0.339 e. The molecule has 2 aromatic rings. The summed E-state index contributed by atoms with van der Waals surface area (Å²) < 4.78 is 78.2. The fraction of sp³-hybridized carbons (Fsp3) is 0.400. The van der Waals surface area contributed by atoms with Gasteiger partial charge in [0.25, 0.3) is 5.91 Å². The van der Waals surface area contributed by atoms with E-state index >= 15 is 0 Å². The van der Waals surface area contributed by atoms with Crippen molar-refractivity contribution in [1.29, 1.82) is 5.26 Å². The minimum atomic E-state index is -4.75. The number of carbonyl (C=O) groups excluding carboxylic acids is 1. The number of aryl methyl sites for hydroxylation is 1. The van der Waals surface area contributed by atoms with E-state index in [2.05, 4.69) is 9.97 Å². The molecule has 31 heavy (non-hydrogen) atoms. The maximum atomic E-state index is 13.2. The van der Waals surface area contributed by atoms with Crippen LogP contribution in [0, 0.1) is 24.2 Å². The van der Waals surface area contributed by atoms with Gasteiger partial charge in [-0.25, -0.2) is 9.97 Å². The number of hydrogen-bond acceptors (Lipinski definition) is 4. The number of piperidine rings is 1. The monoisotopic (exact) mass is 442 g/mol. The van der Waals surface area contributed by atoms with Gasteiger partial charge in [0.2, 0.25) is 0 Å². The SMILES string of the molecule is Cc1cc(C(F)(F)F)nc(-c2cc(C#N)ccc2C(=O)N2CCC(C(F)(F)F)CC2)n1. The van der Waals surface area contributed by atoms with Crippen LogP contribution in [0.4, 0.5) is 26.3 Å². The average molecular weight is 442 g/mol. The van der Waals surface area contributed by atoms with E-state index in [0.29, 0.717) is 0 Å². The molecule has 1 aliphatic rings. The van der Waals surface area contributed by atoms with Gasteiger partial charge in [-0.15, -0.1) is 0 Å². The number of alkyl halides is 6. The Morgan fingerprint density at radius 3 is 2.29 bits per heavy atom. The molecule has 1 amide bonds. The molecule has 3 rings (SSSR count).